The Labute approximate surface area is 176 Å². The van der Waals surface area contributed by atoms with Crippen LogP contribution in [0.25, 0.3) is 10.8 Å². The van der Waals surface area contributed by atoms with Crippen LogP contribution in [0.5, 0.6) is 11.5 Å². The Balaban J connectivity index is 2.00. The van der Waals surface area contributed by atoms with Crippen molar-refractivity contribution in [1.82, 2.24) is 0 Å². The fourth-order valence-electron chi connectivity index (χ4n) is 3.32. The molecule has 0 aliphatic carbocycles. The van der Waals surface area contributed by atoms with Crippen LogP contribution in [0.1, 0.15) is 6.92 Å². The highest BCUT2D eigenvalue weighted by atomic mass is 32.2. The molecule has 0 heterocycles. The minimum atomic E-state index is -3.82. The number of hydrogen-bond donors (Lipinski definition) is 1. The van der Waals surface area contributed by atoms with E-state index in [1.165, 1.54) is 27.2 Å². The summed E-state index contributed by atoms with van der Waals surface area (Å²) in [6.45, 7) is 1.53. The van der Waals surface area contributed by atoms with Crippen molar-refractivity contribution in [2.24, 2.45) is 0 Å². The van der Waals surface area contributed by atoms with Gasteiger partial charge in [-0.05, 0) is 30.5 Å². The summed E-state index contributed by atoms with van der Waals surface area (Å²) < 4.78 is 36.9. The molecule has 0 saturated heterocycles. The smallest absolute Gasteiger partial charge is 0.248 e. The number of rotatable bonds is 7. The number of amides is 1. The van der Waals surface area contributed by atoms with Crippen molar-refractivity contribution in [2.75, 3.05) is 30.1 Å². The Bertz CT molecular complexity index is 1170. The minimum Gasteiger partial charge on any atom is -0.497 e. The zero-order valence-electron chi connectivity index (χ0n) is 17.2. The number of carbonyl (C=O) groups excluding carboxylic acids is 1. The molecule has 0 saturated carbocycles. The van der Waals surface area contributed by atoms with E-state index in [0.29, 0.717) is 17.2 Å². The number of carbonyl (C=O) groups is 1. The predicted octanol–water partition coefficient (Wildman–Crippen LogP) is 3.65. The average molecular weight is 429 g/mol. The molecule has 158 valence electrons. The van der Waals surface area contributed by atoms with E-state index in [9.17, 15) is 13.2 Å². The molecule has 7 nitrogen and oxygen atoms in total. The van der Waals surface area contributed by atoms with Gasteiger partial charge in [-0.15, -0.1) is 0 Å². The Morgan fingerprint density at radius 2 is 1.70 bits per heavy atom. The molecule has 0 fully saturated rings. The molecule has 1 amide bonds. The van der Waals surface area contributed by atoms with Crippen molar-refractivity contribution in [2.45, 2.75) is 13.0 Å². The zero-order chi connectivity index (χ0) is 21.9. The van der Waals surface area contributed by atoms with Gasteiger partial charge in [0.05, 0.1) is 26.2 Å². The second kappa shape index (κ2) is 8.62. The maximum atomic E-state index is 13.1. The first kappa shape index (κ1) is 21.4. The van der Waals surface area contributed by atoms with E-state index in [4.69, 9.17) is 9.47 Å². The van der Waals surface area contributed by atoms with Gasteiger partial charge in [0, 0.05) is 17.1 Å². The van der Waals surface area contributed by atoms with Crippen LogP contribution in [0, 0.1) is 0 Å². The largest absolute Gasteiger partial charge is 0.497 e. The van der Waals surface area contributed by atoms with Gasteiger partial charge >= 0.3 is 0 Å². The van der Waals surface area contributed by atoms with Gasteiger partial charge in [0.25, 0.3) is 0 Å². The molecule has 0 aromatic heterocycles. The molecule has 30 heavy (non-hydrogen) atoms. The summed E-state index contributed by atoms with van der Waals surface area (Å²) in [4.78, 5) is 13.1. The van der Waals surface area contributed by atoms with Crippen LogP contribution in [0.3, 0.4) is 0 Å². The molecule has 1 N–H and O–H groups in total. The monoisotopic (exact) mass is 428 g/mol. The van der Waals surface area contributed by atoms with Crippen LogP contribution in [0.15, 0.2) is 60.7 Å². The van der Waals surface area contributed by atoms with Crippen molar-refractivity contribution in [3.63, 3.8) is 0 Å². The molecule has 1 atom stereocenters. The standard InChI is InChI=1S/C22H24N2O5S/c1-15(22(25)23-19-11-7-9-16-8-5-6-10-18(16)19)24(30(4,26)27)20-14-17(28-2)12-13-21(20)29-3/h5-15H,1-4H3,(H,23,25)/t15-/m1/s1. The Morgan fingerprint density at radius 1 is 1.00 bits per heavy atom. The van der Waals surface area contributed by atoms with Gasteiger partial charge in [-0.2, -0.15) is 0 Å². The molecule has 3 aromatic rings. The number of nitrogens with one attached hydrogen (secondary N) is 1. The molecule has 0 unspecified atom stereocenters. The van der Waals surface area contributed by atoms with E-state index in [1.54, 1.807) is 18.2 Å². The van der Waals surface area contributed by atoms with Gasteiger partial charge in [0.1, 0.15) is 17.5 Å². The van der Waals surface area contributed by atoms with E-state index in [-0.39, 0.29) is 5.69 Å². The molecule has 0 aliphatic heterocycles. The summed E-state index contributed by atoms with van der Waals surface area (Å²) in [6, 6.07) is 16.9. The van der Waals surface area contributed by atoms with Crippen LogP contribution in [0.2, 0.25) is 0 Å². The average Bonchev–Trinajstić information content (AvgIpc) is 2.73. The van der Waals surface area contributed by atoms with E-state index in [1.807, 2.05) is 36.4 Å². The van der Waals surface area contributed by atoms with Crippen LogP contribution >= 0.6 is 0 Å². The second-order valence-electron chi connectivity index (χ2n) is 6.79. The number of nitrogens with zero attached hydrogens (tertiary/aromatic N) is 1. The number of benzene rings is 3. The topological polar surface area (TPSA) is 84.9 Å². The number of fused-ring (bicyclic) bond motifs is 1. The lowest BCUT2D eigenvalue weighted by molar-refractivity contribution is -0.116. The maximum Gasteiger partial charge on any atom is 0.248 e. The summed E-state index contributed by atoms with van der Waals surface area (Å²) in [5, 5.41) is 4.69. The molecule has 0 radical (unpaired) electrons. The van der Waals surface area contributed by atoms with Crippen LogP contribution in [0.4, 0.5) is 11.4 Å². The van der Waals surface area contributed by atoms with Gasteiger partial charge in [-0.3, -0.25) is 9.10 Å². The number of hydrogen-bond acceptors (Lipinski definition) is 5. The first-order valence-electron chi connectivity index (χ1n) is 9.26. The zero-order valence-corrected chi connectivity index (χ0v) is 18.1. The highest BCUT2D eigenvalue weighted by molar-refractivity contribution is 7.92. The molecular formula is C22H24N2O5S. The third kappa shape index (κ3) is 4.33. The van der Waals surface area contributed by atoms with Crippen LogP contribution in [-0.2, 0) is 14.8 Å². The van der Waals surface area contributed by atoms with Crippen molar-refractivity contribution >= 4 is 38.1 Å². The minimum absolute atomic E-state index is 0.222. The first-order valence-corrected chi connectivity index (χ1v) is 11.1. The third-order valence-electron chi connectivity index (χ3n) is 4.76. The second-order valence-corrected chi connectivity index (χ2v) is 8.65. The lowest BCUT2D eigenvalue weighted by Crippen LogP contribution is -2.45. The summed E-state index contributed by atoms with van der Waals surface area (Å²) in [5.74, 6) is 0.286. The fraction of sp³-hybridized carbons (Fsp3) is 0.227. The van der Waals surface area contributed by atoms with Crippen LogP contribution < -0.4 is 19.1 Å². The normalized spacial score (nSPS) is 12.3. The summed E-state index contributed by atoms with van der Waals surface area (Å²) in [5.41, 5.74) is 0.830. The van der Waals surface area contributed by atoms with Gasteiger partial charge < -0.3 is 14.8 Å². The molecule has 0 bridgehead atoms. The van der Waals surface area contributed by atoms with Crippen molar-refractivity contribution < 1.29 is 22.7 Å². The van der Waals surface area contributed by atoms with Crippen molar-refractivity contribution in [1.29, 1.82) is 0 Å². The molecule has 3 aromatic carbocycles. The molecule has 8 heteroatoms. The SMILES string of the molecule is COc1ccc(OC)c(N([C@H](C)C(=O)Nc2cccc3ccccc23)S(C)(=O)=O)c1. The Hall–Kier alpha value is -3.26. The highest BCUT2D eigenvalue weighted by Gasteiger charge is 2.32. The molecular weight excluding hydrogens is 404 g/mol. The summed E-state index contributed by atoms with van der Waals surface area (Å²) >= 11 is 0. The lowest BCUT2D eigenvalue weighted by atomic mass is 10.1. The van der Waals surface area contributed by atoms with Crippen molar-refractivity contribution in [3.05, 3.63) is 60.7 Å². The third-order valence-corrected chi connectivity index (χ3v) is 5.99. The van der Waals surface area contributed by atoms with Gasteiger partial charge in [0.15, 0.2) is 0 Å². The number of sulfonamides is 1. The quantitative estimate of drug-likeness (QED) is 0.621. The molecule has 3 rings (SSSR count). The van der Waals surface area contributed by atoms with Gasteiger partial charge in [-0.1, -0.05) is 36.4 Å². The number of ether oxygens (including phenoxy) is 2. The molecule has 0 spiro atoms. The predicted molar refractivity (Wildman–Crippen MR) is 119 cm³/mol. The molecule has 0 aliphatic rings. The van der Waals surface area contributed by atoms with Crippen LogP contribution in [-0.4, -0.2) is 40.8 Å². The Morgan fingerprint density at radius 3 is 2.37 bits per heavy atom. The number of methoxy groups -OCH3 is 2. The lowest BCUT2D eigenvalue weighted by Gasteiger charge is -2.29. The number of anilines is 2. The van der Waals surface area contributed by atoms with Crippen molar-refractivity contribution in [3.8, 4) is 11.5 Å². The maximum absolute atomic E-state index is 13.1. The van der Waals surface area contributed by atoms with Gasteiger partial charge in [0.2, 0.25) is 15.9 Å². The summed E-state index contributed by atoms with van der Waals surface area (Å²) in [7, 11) is -0.901. The van der Waals surface area contributed by atoms with Gasteiger partial charge in [-0.25, -0.2) is 8.42 Å². The first-order chi connectivity index (χ1) is 14.3. The van der Waals surface area contributed by atoms with E-state index < -0.39 is 22.0 Å². The van der Waals surface area contributed by atoms with E-state index in [0.717, 1.165) is 21.3 Å². The van der Waals surface area contributed by atoms with E-state index >= 15 is 0 Å². The highest BCUT2D eigenvalue weighted by Crippen LogP contribution is 2.35. The fourth-order valence-corrected chi connectivity index (χ4v) is 4.49. The van der Waals surface area contributed by atoms with E-state index in [2.05, 4.69) is 5.32 Å². The Kier molecular flexibility index (Phi) is 6.17. The summed E-state index contributed by atoms with van der Waals surface area (Å²) in [6.07, 6.45) is 1.05.